The molecule has 0 radical (unpaired) electrons. The molecule has 1 aliphatic heterocycles. The maximum absolute atomic E-state index is 13.7. The standard InChI is InChI=1S/C31H34N4O2/c1-30(2)14-24(36)27-25(15-30)37-29(33)22(16-32)26(27)23-17-35(21-6-4-3-5-7-21)34-28(23)31-11-18-8-19(12-31)10-20(9-18)13-31/h3-7,17-20,26H,8-15,33H2,1-2H3. The Bertz CT molecular complexity index is 1370. The van der Waals surface area contributed by atoms with Crippen molar-refractivity contribution >= 4 is 5.78 Å². The number of carbonyl (C=O) groups excluding carboxylic acids is 1. The van der Waals surface area contributed by atoms with Gasteiger partial charge in [-0.15, -0.1) is 0 Å². The van der Waals surface area contributed by atoms with Gasteiger partial charge in [-0.1, -0.05) is 32.0 Å². The van der Waals surface area contributed by atoms with Gasteiger partial charge in [0, 0.05) is 35.6 Å². The molecule has 6 aliphatic rings. The second kappa shape index (κ2) is 7.84. The molecule has 0 spiro atoms. The highest BCUT2D eigenvalue weighted by atomic mass is 16.5. The van der Waals surface area contributed by atoms with Gasteiger partial charge >= 0.3 is 0 Å². The molecule has 8 rings (SSSR count). The van der Waals surface area contributed by atoms with E-state index in [9.17, 15) is 10.1 Å². The van der Waals surface area contributed by atoms with Gasteiger partial charge in [0.05, 0.1) is 17.3 Å². The topological polar surface area (TPSA) is 93.9 Å². The molecular formula is C31H34N4O2. The predicted molar refractivity (Wildman–Crippen MR) is 139 cm³/mol. The molecule has 2 aromatic rings. The number of nitrogens with zero attached hydrogens (tertiary/aromatic N) is 3. The zero-order valence-electron chi connectivity index (χ0n) is 21.7. The Balaban J connectivity index is 1.45. The quantitative estimate of drug-likeness (QED) is 0.583. The molecule has 6 nitrogen and oxygen atoms in total. The van der Waals surface area contributed by atoms with E-state index in [1.54, 1.807) is 0 Å². The van der Waals surface area contributed by atoms with Crippen molar-refractivity contribution in [2.24, 2.45) is 28.9 Å². The van der Waals surface area contributed by atoms with E-state index in [0.29, 0.717) is 29.7 Å². The van der Waals surface area contributed by atoms with Crippen LogP contribution in [-0.4, -0.2) is 15.6 Å². The number of Topliss-reactive ketones (excluding diaryl/α,β-unsaturated/α-hetero) is 1. The van der Waals surface area contributed by atoms with Crippen LogP contribution in [0.5, 0.6) is 0 Å². The van der Waals surface area contributed by atoms with E-state index < -0.39 is 5.92 Å². The number of carbonyl (C=O) groups is 1. The first kappa shape index (κ1) is 22.8. The third-order valence-corrected chi connectivity index (χ3v) is 9.69. The van der Waals surface area contributed by atoms with Crippen LogP contribution < -0.4 is 5.73 Å². The Kier molecular flexibility index (Phi) is 4.84. The highest BCUT2D eigenvalue weighted by Crippen LogP contribution is 2.62. The second-order valence-corrected chi connectivity index (χ2v) is 13.1. The third kappa shape index (κ3) is 3.50. The first-order valence-electron chi connectivity index (χ1n) is 13.7. The molecule has 0 saturated heterocycles. The van der Waals surface area contributed by atoms with Crippen LogP contribution in [0, 0.1) is 34.5 Å². The summed E-state index contributed by atoms with van der Waals surface area (Å²) in [5, 5.41) is 15.6. The van der Waals surface area contributed by atoms with Crippen LogP contribution in [0.3, 0.4) is 0 Å². The molecule has 1 atom stereocenters. The van der Waals surface area contributed by atoms with Crippen LogP contribution in [0.15, 0.2) is 59.3 Å². The molecular weight excluding hydrogens is 460 g/mol. The van der Waals surface area contributed by atoms with Gasteiger partial charge in [-0.05, 0) is 73.8 Å². The number of ketones is 1. The molecule has 2 heterocycles. The number of nitriles is 1. The molecule has 0 amide bonds. The highest BCUT2D eigenvalue weighted by Gasteiger charge is 2.55. The number of hydrogen-bond donors (Lipinski definition) is 1. The van der Waals surface area contributed by atoms with Crippen LogP contribution in [0.4, 0.5) is 0 Å². The summed E-state index contributed by atoms with van der Waals surface area (Å²) in [5.41, 5.74) is 10.2. The van der Waals surface area contributed by atoms with E-state index in [-0.39, 0.29) is 22.5 Å². The van der Waals surface area contributed by atoms with E-state index in [0.717, 1.165) is 54.0 Å². The fourth-order valence-electron chi connectivity index (χ4n) is 8.72. The fraction of sp³-hybridized carbons (Fsp3) is 0.516. The molecule has 2 N–H and O–H groups in total. The van der Waals surface area contributed by atoms with Gasteiger partial charge in [0.1, 0.15) is 17.4 Å². The maximum atomic E-state index is 13.7. The van der Waals surface area contributed by atoms with Crippen LogP contribution in [0.2, 0.25) is 0 Å². The van der Waals surface area contributed by atoms with Gasteiger partial charge in [0.25, 0.3) is 0 Å². The Morgan fingerprint density at radius 3 is 2.32 bits per heavy atom. The minimum absolute atomic E-state index is 0.00451. The van der Waals surface area contributed by atoms with Crippen molar-refractivity contribution in [2.45, 2.75) is 76.5 Å². The van der Waals surface area contributed by atoms with Crippen molar-refractivity contribution in [2.75, 3.05) is 0 Å². The Morgan fingerprint density at radius 1 is 1.05 bits per heavy atom. The highest BCUT2D eigenvalue weighted by molar-refractivity contribution is 6.00. The Hall–Kier alpha value is -3.33. The van der Waals surface area contributed by atoms with Crippen molar-refractivity contribution in [3.05, 3.63) is 70.6 Å². The largest absolute Gasteiger partial charge is 0.444 e. The lowest BCUT2D eigenvalue weighted by Crippen LogP contribution is -2.49. The zero-order valence-corrected chi connectivity index (χ0v) is 21.7. The number of allylic oxidation sites excluding steroid dienone is 3. The van der Waals surface area contributed by atoms with E-state index in [4.69, 9.17) is 15.6 Å². The Morgan fingerprint density at radius 2 is 1.70 bits per heavy atom. The van der Waals surface area contributed by atoms with Gasteiger partial charge in [-0.2, -0.15) is 10.4 Å². The van der Waals surface area contributed by atoms with E-state index in [1.807, 2.05) is 22.9 Å². The molecule has 4 saturated carbocycles. The molecule has 1 unspecified atom stereocenters. The van der Waals surface area contributed by atoms with Gasteiger partial charge in [0.15, 0.2) is 5.78 Å². The SMILES string of the molecule is CC1(C)CC(=O)C2=C(C1)OC(N)=C(C#N)C2c1cn(-c2ccccc2)nc1C12CC3CC(CC(C3)C1)C2. The van der Waals surface area contributed by atoms with Gasteiger partial charge in [-0.3, -0.25) is 4.79 Å². The summed E-state index contributed by atoms with van der Waals surface area (Å²) in [6.45, 7) is 4.17. The van der Waals surface area contributed by atoms with Crippen molar-refractivity contribution in [3.63, 3.8) is 0 Å². The minimum atomic E-state index is -0.530. The zero-order chi connectivity index (χ0) is 25.5. The summed E-state index contributed by atoms with van der Waals surface area (Å²) in [6.07, 6.45) is 10.6. The molecule has 37 heavy (non-hydrogen) atoms. The maximum Gasteiger partial charge on any atom is 0.205 e. The lowest BCUT2D eigenvalue weighted by molar-refractivity contribution is -0.119. The molecule has 1 aromatic heterocycles. The average molecular weight is 495 g/mol. The fourth-order valence-corrected chi connectivity index (χ4v) is 8.72. The summed E-state index contributed by atoms with van der Waals surface area (Å²) in [7, 11) is 0. The van der Waals surface area contributed by atoms with Crippen molar-refractivity contribution in [1.29, 1.82) is 5.26 Å². The summed E-state index contributed by atoms with van der Waals surface area (Å²) in [5.74, 6) is 2.53. The lowest BCUT2D eigenvalue weighted by atomic mass is 9.48. The number of para-hydroxylation sites is 1. The first-order chi connectivity index (χ1) is 17.7. The summed E-state index contributed by atoms with van der Waals surface area (Å²) < 4.78 is 7.96. The third-order valence-electron chi connectivity index (χ3n) is 9.69. The molecule has 1 aromatic carbocycles. The normalized spacial score (nSPS) is 33.8. The summed E-state index contributed by atoms with van der Waals surface area (Å²) >= 11 is 0. The van der Waals surface area contributed by atoms with Crippen LogP contribution >= 0.6 is 0 Å². The van der Waals surface area contributed by atoms with Crippen LogP contribution in [0.25, 0.3) is 5.69 Å². The first-order valence-corrected chi connectivity index (χ1v) is 13.7. The summed E-state index contributed by atoms with van der Waals surface area (Å²) in [4.78, 5) is 13.7. The number of nitrogens with two attached hydrogens (primary N) is 1. The second-order valence-electron chi connectivity index (χ2n) is 13.1. The van der Waals surface area contributed by atoms with Crippen LogP contribution in [0.1, 0.15) is 82.4 Å². The monoisotopic (exact) mass is 494 g/mol. The summed E-state index contributed by atoms with van der Waals surface area (Å²) in [6, 6.07) is 12.5. The average Bonchev–Trinajstić information content (AvgIpc) is 3.28. The number of rotatable bonds is 3. The number of ether oxygens (including phenoxy) is 1. The molecule has 6 heteroatoms. The molecule has 4 fully saturated rings. The number of hydrogen-bond acceptors (Lipinski definition) is 5. The number of aromatic nitrogens is 2. The Labute approximate surface area is 218 Å². The van der Waals surface area contributed by atoms with Crippen molar-refractivity contribution in [1.82, 2.24) is 9.78 Å². The van der Waals surface area contributed by atoms with E-state index in [2.05, 4.69) is 38.2 Å². The molecule has 190 valence electrons. The molecule has 5 aliphatic carbocycles. The predicted octanol–water partition coefficient (Wildman–Crippen LogP) is 5.79. The van der Waals surface area contributed by atoms with Crippen LogP contribution in [-0.2, 0) is 14.9 Å². The van der Waals surface area contributed by atoms with Crippen molar-refractivity contribution < 1.29 is 9.53 Å². The van der Waals surface area contributed by atoms with E-state index in [1.165, 1.54) is 19.3 Å². The molecule has 4 bridgehead atoms. The van der Waals surface area contributed by atoms with Gasteiger partial charge < -0.3 is 10.5 Å². The minimum Gasteiger partial charge on any atom is -0.444 e. The van der Waals surface area contributed by atoms with E-state index >= 15 is 0 Å². The van der Waals surface area contributed by atoms with Gasteiger partial charge in [-0.25, -0.2) is 4.68 Å². The lowest BCUT2D eigenvalue weighted by Gasteiger charge is -2.56. The number of benzene rings is 1. The van der Waals surface area contributed by atoms with Crippen molar-refractivity contribution in [3.8, 4) is 11.8 Å². The van der Waals surface area contributed by atoms with Gasteiger partial charge in [0.2, 0.25) is 5.88 Å². The smallest absolute Gasteiger partial charge is 0.205 e.